The lowest BCUT2D eigenvalue weighted by atomic mass is 9.91. The van der Waals surface area contributed by atoms with Crippen molar-refractivity contribution in [2.24, 2.45) is 5.92 Å². The molecule has 1 unspecified atom stereocenters. The fraction of sp³-hybridized carbons (Fsp3) is 0.269. The summed E-state index contributed by atoms with van der Waals surface area (Å²) < 4.78 is 5.94. The second-order valence-corrected chi connectivity index (χ2v) is 8.90. The van der Waals surface area contributed by atoms with Gasteiger partial charge in [0.05, 0.1) is 12.0 Å². The Labute approximate surface area is 198 Å². The van der Waals surface area contributed by atoms with E-state index in [0.29, 0.717) is 42.6 Å². The van der Waals surface area contributed by atoms with Crippen LogP contribution in [0.3, 0.4) is 0 Å². The van der Waals surface area contributed by atoms with Gasteiger partial charge in [-0.25, -0.2) is 0 Å². The molecule has 1 N–H and O–H groups in total. The van der Waals surface area contributed by atoms with Crippen LogP contribution in [0.5, 0.6) is 5.75 Å². The number of hydrogen-bond acceptors (Lipinski definition) is 3. The lowest BCUT2D eigenvalue weighted by Gasteiger charge is -2.37. The van der Waals surface area contributed by atoms with E-state index in [4.69, 9.17) is 27.9 Å². The van der Waals surface area contributed by atoms with E-state index in [-0.39, 0.29) is 12.0 Å². The Kier molecular flexibility index (Phi) is 7.36. The number of carbonyl (C=O) groups is 1. The van der Waals surface area contributed by atoms with E-state index in [1.165, 1.54) is 0 Å². The van der Waals surface area contributed by atoms with Gasteiger partial charge < -0.3 is 9.84 Å². The third-order valence-corrected chi connectivity index (χ3v) is 6.51. The number of nitrogens with zero attached hydrogens (tertiary/aromatic N) is 1. The lowest BCUT2D eigenvalue weighted by molar-refractivity contribution is -0.143. The first kappa shape index (κ1) is 22.7. The van der Waals surface area contributed by atoms with Crippen LogP contribution in [0.1, 0.15) is 35.6 Å². The molecule has 4 nitrogen and oxygen atoms in total. The Hall–Kier alpha value is -2.53. The van der Waals surface area contributed by atoms with Gasteiger partial charge >= 0.3 is 5.97 Å². The molecular formula is C26H25Cl2NO3. The highest BCUT2D eigenvalue weighted by Gasteiger charge is 2.31. The molecule has 1 heterocycles. The number of carboxylic acids is 1. The maximum Gasteiger partial charge on any atom is 0.306 e. The summed E-state index contributed by atoms with van der Waals surface area (Å²) in [6.45, 7) is 1.88. The van der Waals surface area contributed by atoms with Gasteiger partial charge in [-0.2, -0.15) is 0 Å². The molecule has 3 aromatic carbocycles. The minimum absolute atomic E-state index is 0.0855. The smallest absolute Gasteiger partial charge is 0.306 e. The average Bonchev–Trinajstić information content (AvgIpc) is 2.81. The summed E-state index contributed by atoms with van der Waals surface area (Å²) in [6.07, 6.45) is 1.24. The van der Waals surface area contributed by atoms with Crippen molar-refractivity contribution >= 4 is 29.2 Å². The normalized spacial score (nSPS) is 15.9. The Bertz CT molecular complexity index is 1050. The van der Waals surface area contributed by atoms with E-state index in [1.54, 1.807) is 6.07 Å². The van der Waals surface area contributed by atoms with Crippen LogP contribution >= 0.6 is 23.2 Å². The number of likely N-dealkylation sites (tertiary alicyclic amines) is 1. The summed E-state index contributed by atoms with van der Waals surface area (Å²) in [5.41, 5.74) is 3.15. The molecule has 1 saturated heterocycles. The molecule has 0 aromatic heterocycles. The fourth-order valence-corrected chi connectivity index (χ4v) is 4.71. The third kappa shape index (κ3) is 5.44. The number of aliphatic carboxylic acids is 1. The van der Waals surface area contributed by atoms with Gasteiger partial charge in [0, 0.05) is 10.0 Å². The van der Waals surface area contributed by atoms with Crippen LogP contribution in [0.15, 0.2) is 72.8 Å². The van der Waals surface area contributed by atoms with Gasteiger partial charge in [-0.3, -0.25) is 9.69 Å². The highest BCUT2D eigenvalue weighted by molar-refractivity contribution is 6.35. The number of halogens is 2. The fourth-order valence-electron chi connectivity index (χ4n) is 4.20. The summed E-state index contributed by atoms with van der Waals surface area (Å²) in [6, 6.07) is 23.6. The van der Waals surface area contributed by atoms with Crippen LogP contribution in [0, 0.1) is 5.92 Å². The van der Waals surface area contributed by atoms with Crippen LogP contribution in [0.25, 0.3) is 0 Å². The van der Waals surface area contributed by atoms with Crippen molar-refractivity contribution in [2.75, 3.05) is 13.1 Å². The first-order valence-electron chi connectivity index (χ1n) is 10.7. The maximum atomic E-state index is 11.4. The molecule has 4 rings (SSSR count). The summed E-state index contributed by atoms with van der Waals surface area (Å²) in [5, 5.41) is 10.6. The van der Waals surface area contributed by atoms with Crippen LogP contribution in [-0.4, -0.2) is 29.1 Å². The number of hydrogen-bond donors (Lipinski definition) is 1. The molecular weight excluding hydrogens is 445 g/mol. The van der Waals surface area contributed by atoms with Crippen molar-refractivity contribution in [1.29, 1.82) is 0 Å². The van der Waals surface area contributed by atoms with Gasteiger partial charge in [0.15, 0.2) is 0 Å². The first-order chi connectivity index (χ1) is 15.5. The quantitative estimate of drug-likeness (QED) is 0.431. The summed E-state index contributed by atoms with van der Waals surface area (Å²) in [7, 11) is 0. The summed E-state index contributed by atoms with van der Waals surface area (Å²) in [5.74, 6) is -0.213. The van der Waals surface area contributed by atoms with E-state index >= 15 is 0 Å². The number of piperidine rings is 1. The standard InChI is InChI=1S/C26H25Cl2NO3/c27-21-8-11-23(24(28)16-21)25(29-14-12-20(13-15-29)26(30)31)19-6-9-22(10-7-19)32-17-18-4-2-1-3-5-18/h1-11,16,20,25H,12-15,17H2,(H,30,31). The molecule has 1 atom stereocenters. The Morgan fingerprint density at radius 2 is 1.69 bits per heavy atom. The minimum atomic E-state index is -0.717. The zero-order chi connectivity index (χ0) is 22.5. The van der Waals surface area contributed by atoms with Crippen molar-refractivity contribution < 1.29 is 14.6 Å². The molecule has 0 radical (unpaired) electrons. The SMILES string of the molecule is O=C(O)C1CCN(C(c2ccc(OCc3ccccc3)cc2)c2ccc(Cl)cc2Cl)CC1. The molecule has 0 spiro atoms. The van der Waals surface area contributed by atoms with Gasteiger partial charge in [0.2, 0.25) is 0 Å². The largest absolute Gasteiger partial charge is 0.489 e. The van der Waals surface area contributed by atoms with E-state index in [0.717, 1.165) is 22.4 Å². The van der Waals surface area contributed by atoms with Gasteiger partial charge in [-0.05, 0) is 66.9 Å². The molecule has 1 aliphatic rings. The molecule has 0 bridgehead atoms. The Morgan fingerprint density at radius 3 is 2.31 bits per heavy atom. The topological polar surface area (TPSA) is 49.8 Å². The van der Waals surface area contributed by atoms with E-state index < -0.39 is 5.97 Å². The van der Waals surface area contributed by atoms with Crippen molar-refractivity contribution in [3.63, 3.8) is 0 Å². The molecule has 6 heteroatoms. The second-order valence-electron chi connectivity index (χ2n) is 8.06. The van der Waals surface area contributed by atoms with Crippen LogP contribution in [0.2, 0.25) is 10.0 Å². The predicted octanol–water partition coefficient (Wildman–Crippen LogP) is 6.46. The maximum absolute atomic E-state index is 11.4. The zero-order valence-corrected chi connectivity index (χ0v) is 19.1. The monoisotopic (exact) mass is 469 g/mol. The van der Waals surface area contributed by atoms with Crippen LogP contribution in [-0.2, 0) is 11.4 Å². The Morgan fingerprint density at radius 1 is 1.00 bits per heavy atom. The molecule has 0 saturated carbocycles. The molecule has 32 heavy (non-hydrogen) atoms. The van der Waals surface area contributed by atoms with Crippen LogP contribution in [0.4, 0.5) is 0 Å². The second kappa shape index (κ2) is 10.4. The lowest BCUT2D eigenvalue weighted by Crippen LogP contribution is -2.39. The predicted molar refractivity (Wildman–Crippen MR) is 127 cm³/mol. The highest BCUT2D eigenvalue weighted by Crippen LogP contribution is 2.37. The van der Waals surface area contributed by atoms with Crippen molar-refractivity contribution in [1.82, 2.24) is 4.90 Å². The van der Waals surface area contributed by atoms with Gasteiger partial charge in [-0.1, -0.05) is 71.7 Å². The molecule has 1 aliphatic heterocycles. The summed E-state index contributed by atoms with van der Waals surface area (Å²) >= 11 is 12.7. The molecule has 0 aliphatic carbocycles. The third-order valence-electron chi connectivity index (χ3n) is 5.95. The van der Waals surface area contributed by atoms with Crippen molar-refractivity contribution in [3.05, 3.63) is 99.5 Å². The number of benzene rings is 3. The van der Waals surface area contributed by atoms with E-state index in [9.17, 15) is 9.90 Å². The molecule has 3 aromatic rings. The van der Waals surface area contributed by atoms with Crippen LogP contribution < -0.4 is 4.74 Å². The van der Waals surface area contributed by atoms with Gasteiger partial charge in [0.25, 0.3) is 0 Å². The minimum Gasteiger partial charge on any atom is -0.489 e. The molecule has 0 amide bonds. The number of carboxylic acid groups (broad SMARTS) is 1. The van der Waals surface area contributed by atoms with Crippen molar-refractivity contribution in [2.45, 2.75) is 25.5 Å². The Balaban J connectivity index is 1.56. The van der Waals surface area contributed by atoms with Gasteiger partial charge in [-0.15, -0.1) is 0 Å². The van der Waals surface area contributed by atoms with E-state index in [2.05, 4.69) is 17.0 Å². The first-order valence-corrected chi connectivity index (χ1v) is 11.5. The highest BCUT2D eigenvalue weighted by atomic mass is 35.5. The number of ether oxygens (including phenoxy) is 1. The molecule has 166 valence electrons. The average molecular weight is 470 g/mol. The molecule has 1 fully saturated rings. The van der Waals surface area contributed by atoms with Gasteiger partial charge in [0.1, 0.15) is 12.4 Å². The zero-order valence-electron chi connectivity index (χ0n) is 17.6. The number of rotatable bonds is 7. The van der Waals surface area contributed by atoms with Crippen molar-refractivity contribution in [3.8, 4) is 5.75 Å². The van der Waals surface area contributed by atoms with E-state index in [1.807, 2.05) is 54.6 Å². The summed E-state index contributed by atoms with van der Waals surface area (Å²) in [4.78, 5) is 13.7.